The van der Waals surface area contributed by atoms with Crippen LogP contribution in [0.1, 0.15) is 19.4 Å². The van der Waals surface area contributed by atoms with Crippen molar-refractivity contribution < 1.29 is 22.6 Å². The Balaban J connectivity index is 2.66. The van der Waals surface area contributed by atoms with Crippen molar-refractivity contribution in [2.24, 2.45) is 0 Å². The first kappa shape index (κ1) is 14.6. The summed E-state index contributed by atoms with van der Waals surface area (Å²) in [6, 6.07) is 6.85. The van der Waals surface area contributed by atoms with Crippen LogP contribution >= 0.6 is 0 Å². The molecule has 0 N–H and O–H groups in total. The van der Waals surface area contributed by atoms with Gasteiger partial charge in [0.05, 0.1) is 0 Å². The van der Waals surface area contributed by atoms with Crippen molar-refractivity contribution in [3.05, 3.63) is 36.4 Å². The lowest BCUT2D eigenvalue weighted by atomic mass is 10.2. The predicted molar refractivity (Wildman–Crippen MR) is 63.2 cm³/mol. The van der Waals surface area contributed by atoms with Gasteiger partial charge in [-0.05, 0) is 17.7 Å². The van der Waals surface area contributed by atoms with Gasteiger partial charge in [0.25, 0.3) is 0 Å². The van der Waals surface area contributed by atoms with Gasteiger partial charge in [-0.15, -0.1) is 0 Å². The quantitative estimate of drug-likeness (QED) is 0.744. The highest BCUT2D eigenvalue weighted by Crippen LogP contribution is 2.24. The van der Waals surface area contributed by atoms with Crippen molar-refractivity contribution in [3.63, 3.8) is 0 Å². The Morgan fingerprint density at radius 1 is 1.28 bits per heavy atom. The summed E-state index contributed by atoms with van der Waals surface area (Å²) in [4.78, 5) is 0. The van der Waals surface area contributed by atoms with Crippen LogP contribution < -0.4 is 4.74 Å². The van der Waals surface area contributed by atoms with Gasteiger partial charge in [0.15, 0.2) is 0 Å². The summed E-state index contributed by atoms with van der Waals surface area (Å²) in [5.74, 6) is -0.922. The Hall–Kier alpha value is -1.49. The summed E-state index contributed by atoms with van der Waals surface area (Å²) in [5, 5.41) is 0. The van der Waals surface area contributed by atoms with E-state index in [0.29, 0.717) is 5.75 Å². The Morgan fingerprint density at radius 2 is 1.94 bits per heavy atom. The van der Waals surface area contributed by atoms with Crippen LogP contribution in [0.25, 0.3) is 6.08 Å². The molecule has 0 aromatic heterocycles. The highest BCUT2D eigenvalue weighted by Gasteiger charge is 2.32. The second-order valence-corrected chi connectivity index (χ2v) is 4.18. The van der Waals surface area contributed by atoms with Gasteiger partial charge in [0, 0.05) is 13.8 Å². The van der Waals surface area contributed by atoms with E-state index in [1.807, 2.05) is 6.07 Å². The van der Waals surface area contributed by atoms with E-state index in [-0.39, 0.29) is 0 Å². The molecule has 0 spiro atoms. The Morgan fingerprint density at radius 3 is 2.50 bits per heavy atom. The molecule has 0 atom stereocenters. The van der Waals surface area contributed by atoms with Crippen LogP contribution in [0.5, 0.6) is 5.75 Å². The van der Waals surface area contributed by atoms with Gasteiger partial charge < -0.3 is 9.47 Å². The Labute approximate surface area is 104 Å². The van der Waals surface area contributed by atoms with Gasteiger partial charge >= 0.3 is 6.18 Å². The van der Waals surface area contributed by atoms with E-state index in [9.17, 15) is 13.2 Å². The summed E-state index contributed by atoms with van der Waals surface area (Å²) in [7, 11) is 0. The van der Waals surface area contributed by atoms with Crippen molar-refractivity contribution >= 4 is 6.08 Å². The lowest BCUT2D eigenvalue weighted by molar-refractivity contribution is -0.241. The number of hydrogen-bond donors (Lipinski definition) is 0. The van der Waals surface area contributed by atoms with Gasteiger partial charge in [0.2, 0.25) is 5.79 Å². The largest absolute Gasteiger partial charge is 0.463 e. The van der Waals surface area contributed by atoms with Crippen molar-refractivity contribution in [1.29, 1.82) is 0 Å². The minimum absolute atomic E-state index is 0.430. The molecule has 18 heavy (non-hydrogen) atoms. The van der Waals surface area contributed by atoms with Gasteiger partial charge in [-0.1, -0.05) is 24.8 Å². The molecule has 5 heteroatoms. The predicted octanol–water partition coefficient (Wildman–Crippen LogP) is 4.02. The van der Waals surface area contributed by atoms with Crippen molar-refractivity contribution in [2.45, 2.75) is 25.8 Å². The van der Waals surface area contributed by atoms with Gasteiger partial charge in [-0.2, -0.15) is 13.2 Å². The molecule has 1 rings (SSSR count). The summed E-state index contributed by atoms with van der Waals surface area (Å²) in [5.41, 5.74) is 0.819. The molecule has 100 valence electrons. The van der Waals surface area contributed by atoms with Gasteiger partial charge in [-0.25, -0.2) is 0 Å². The van der Waals surface area contributed by atoms with Gasteiger partial charge in [-0.3, -0.25) is 0 Å². The average Bonchev–Trinajstić information content (AvgIpc) is 2.25. The molecule has 1 aromatic rings. The molecule has 0 bridgehead atoms. The molecule has 0 fully saturated rings. The van der Waals surface area contributed by atoms with Crippen LogP contribution in [0.2, 0.25) is 0 Å². The fraction of sp³-hybridized carbons (Fsp3) is 0.385. The molecule has 0 aliphatic heterocycles. The summed E-state index contributed by atoms with van der Waals surface area (Å²) in [6.07, 6.45) is -2.75. The van der Waals surface area contributed by atoms with Crippen molar-refractivity contribution in [2.75, 3.05) is 6.61 Å². The first-order valence-corrected chi connectivity index (χ1v) is 5.34. The highest BCUT2D eigenvalue weighted by atomic mass is 19.4. The van der Waals surface area contributed by atoms with Crippen LogP contribution in [0.3, 0.4) is 0 Å². The first-order valence-electron chi connectivity index (χ1n) is 5.34. The number of alkyl halides is 3. The molecule has 0 heterocycles. The molecule has 2 nitrogen and oxygen atoms in total. The normalized spacial score (nSPS) is 12.3. The van der Waals surface area contributed by atoms with Gasteiger partial charge in [0.1, 0.15) is 12.4 Å². The number of halogens is 3. The Bertz CT molecular complexity index is 411. The molecule has 0 unspecified atom stereocenters. The van der Waals surface area contributed by atoms with E-state index in [4.69, 9.17) is 9.47 Å². The minimum Gasteiger partial charge on any atom is -0.463 e. The fourth-order valence-corrected chi connectivity index (χ4v) is 1.27. The third-order valence-electron chi connectivity index (χ3n) is 2.04. The average molecular weight is 260 g/mol. The number of ether oxygens (including phenoxy) is 2. The first-order chi connectivity index (χ1) is 8.22. The van der Waals surface area contributed by atoms with Crippen molar-refractivity contribution in [3.8, 4) is 5.75 Å². The third kappa shape index (κ3) is 5.23. The standard InChI is InChI=1S/C13H15F3O2/c1-4-10-6-5-7-11(8-10)18-12(2,3)17-9-13(14,15)16/h4-8H,1,9H2,2-3H3. The summed E-state index contributed by atoms with van der Waals surface area (Å²) >= 11 is 0. The molecular weight excluding hydrogens is 245 g/mol. The van der Waals surface area contributed by atoms with E-state index >= 15 is 0 Å². The minimum atomic E-state index is -4.37. The third-order valence-corrected chi connectivity index (χ3v) is 2.04. The van der Waals surface area contributed by atoms with Crippen LogP contribution in [0.4, 0.5) is 13.2 Å². The summed E-state index contributed by atoms with van der Waals surface area (Å²) < 4.78 is 46.2. The van der Waals surface area contributed by atoms with E-state index in [2.05, 4.69) is 6.58 Å². The maximum Gasteiger partial charge on any atom is 0.411 e. The maximum absolute atomic E-state index is 12.0. The molecule has 0 saturated carbocycles. The molecule has 0 aliphatic carbocycles. The van der Waals surface area contributed by atoms with E-state index in [1.165, 1.54) is 13.8 Å². The lowest BCUT2D eigenvalue weighted by Gasteiger charge is -2.27. The molecule has 0 amide bonds. The monoisotopic (exact) mass is 260 g/mol. The second kappa shape index (κ2) is 5.44. The maximum atomic E-state index is 12.0. The van der Waals surface area contributed by atoms with Crippen LogP contribution in [0, 0.1) is 0 Å². The molecule has 1 aromatic carbocycles. The fourth-order valence-electron chi connectivity index (χ4n) is 1.27. The second-order valence-electron chi connectivity index (χ2n) is 4.18. The zero-order chi connectivity index (χ0) is 13.8. The lowest BCUT2D eigenvalue weighted by Crippen LogP contribution is -2.35. The van der Waals surface area contributed by atoms with E-state index in [1.54, 1.807) is 24.3 Å². The van der Waals surface area contributed by atoms with Crippen LogP contribution in [-0.4, -0.2) is 18.6 Å². The molecule has 0 aliphatic rings. The SMILES string of the molecule is C=Cc1cccc(OC(C)(C)OCC(F)(F)F)c1. The number of benzene rings is 1. The zero-order valence-corrected chi connectivity index (χ0v) is 10.3. The number of hydrogen-bond acceptors (Lipinski definition) is 2. The smallest absolute Gasteiger partial charge is 0.411 e. The molecule has 0 saturated heterocycles. The van der Waals surface area contributed by atoms with E-state index in [0.717, 1.165) is 5.56 Å². The highest BCUT2D eigenvalue weighted by molar-refractivity contribution is 5.49. The molecule has 0 radical (unpaired) electrons. The Kier molecular flexibility index (Phi) is 4.40. The zero-order valence-electron chi connectivity index (χ0n) is 10.3. The molecular formula is C13H15F3O2. The van der Waals surface area contributed by atoms with E-state index < -0.39 is 18.6 Å². The van der Waals surface area contributed by atoms with Crippen LogP contribution in [-0.2, 0) is 4.74 Å². The topological polar surface area (TPSA) is 18.5 Å². The van der Waals surface area contributed by atoms with Crippen molar-refractivity contribution in [1.82, 2.24) is 0 Å². The number of rotatable bonds is 5. The van der Waals surface area contributed by atoms with Crippen LogP contribution in [0.15, 0.2) is 30.8 Å². The summed E-state index contributed by atoms with van der Waals surface area (Å²) in [6.45, 7) is 5.12.